The van der Waals surface area contributed by atoms with Crippen LogP contribution in [0.25, 0.3) is 79.4 Å². The van der Waals surface area contributed by atoms with Crippen LogP contribution in [0.5, 0.6) is 0 Å². The Bertz CT molecular complexity index is 4150. The summed E-state index contributed by atoms with van der Waals surface area (Å²) in [5, 5.41) is 5.75. The molecule has 0 atom stereocenters. The van der Waals surface area contributed by atoms with E-state index in [0.717, 1.165) is 66.6 Å². The molecule has 2 aliphatic heterocycles. The van der Waals surface area contributed by atoms with Gasteiger partial charge in [0.05, 0.1) is 22.2 Å². The van der Waals surface area contributed by atoms with E-state index in [2.05, 4.69) is 231 Å². The van der Waals surface area contributed by atoms with Crippen molar-refractivity contribution in [1.29, 1.82) is 0 Å². The van der Waals surface area contributed by atoms with Gasteiger partial charge >= 0.3 is 0 Å². The first kappa shape index (κ1) is 46.3. The molecule has 0 saturated carbocycles. The van der Waals surface area contributed by atoms with Crippen molar-refractivity contribution in [1.82, 2.24) is 9.13 Å². The number of furan rings is 1. The third kappa shape index (κ3) is 6.81. The molecule has 0 unspecified atom stereocenters. The summed E-state index contributed by atoms with van der Waals surface area (Å²) in [6, 6.07) is 47.8. The fraction of sp³-hybridized carbons (Fsp3) is 0.206. The van der Waals surface area contributed by atoms with Gasteiger partial charge in [-0.15, -0.1) is 0 Å². The van der Waals surface area contributed by atoms with E-state index >= 15 is 0 Å². The number of hydrogen-bond acceptors (Lipinski definition) is 2. The number of allylic oxidation sites excluding steroid dienone is 2. The number of hydrogen-bond donors (Lipinski definition) is 0. The second kappa shape index (κ2) is 16.1. The molecule has 4 nitrogen and oxygen atoms in total. The lowest BCUT2D eigenvalue weighted by Gasteiger charge is -2.41. The highest BCUT2D eigenvalue weighted by Gasteiger charge is 2.45. The molecule has 5 heterocycles. The standard InChI is InChI=1S/C68H64BN3O/c1-15-23-49-50-37-54-58(39-57(50)70(55(49)17-3)45-24-19-18-20-25-45)71(46-31-28-42(29-32-46)47(16-2)65-41(5)48-26-21-22-27-60(48)73-65)59-38-52(68(12,13)14)61-51-35-44(67(9,10)11)34-40(4)63(51)72-56-33-30-43(66(6,7)8)36-53(56)69(54)62(59)64(61)72/h15-39H,2-3,5H2,1,4,6-14H3/b23-15-,65-47-. The normalized spacial score (nSPS) is 14.0. The van der Waals surface area contributed by atoms with Gasteiger partial charge in [-0.05, 0) is 135 Å². The number of fused-ring (bicyclic) bond motifs is 10. The SMILES string of the molecule is C=C/C(c1ccc(N2c3cc4c(cc3B3c5cc(C(C)(C)C)ccc5-n5c6c(C)cc(C(C)(C)C)cc6c6c(C(C)(C)C)cc2c3c65)c(/C=C\C)c(C=C)n4-c2ccccc2)cc1)=c1/oc2ccccc2c1=C. The maximum atomic E-state index is 6.51. The third-order valence-electron chi connectivity index (χ3n) is 15.9. The van der Waals surface area contributed by atoms with Crippen LogP contribution in [0.3, 0.4) is 0 Å². The number of aromatic nitrogens is 2. The lowest BCUT2D eigenvalue weighted by Crippen LogP contribution is -2.60. The second-order valence-electron chi connectivity index (χ2n) is 23.6. The summed E-state index contributed by atoms with van der Waals surface area (Å²) in [5.74, 6) is 0. The summed E-state index contributed by atoms with van der Waals surface area (Å²) in [6.45, 7) is 38.8. The summed E-state index contributed by atoms with van der Waals surface area (Å²) in [7, 11) is 0. The first-order valence-corrected chi connectivity index (χ1v) is 25.9. The first-order chi connectivity index (χ1) is 34.8. The van der Waals surface area contributed by atoms with Gasteiger partial charge in [0.25, 0.3) is 6.71 Å². The average Bonchev–Trinajstić information content (AvgIpc) is 3.99. The van der Waals surface area contributed by atoms with Crippen LogP contribution >= 0.6 is 0 Å². The van der Waals surface area contributed by atoms with Crippen molar-refractivity contribution in [2.75, 3.05) is 4.90 Å². The monoisotopic (exact) mass is 950 g/mol. The molecular weight excluding hydrogens is 886 g/mol. The molecule has 5 heteroatoms. The Morgan fingerprint density at radius 2 is 1.32 bits per heavy atom. The van der Waals surface area contributed by atoms with Crippen molar-refractivity contribution < 1.29 is 4.42 Å². The number of rotatable bonds is 6. The molecule has 12 rings (SSSR count). The van der Waals surface area contributed by atoms with Crippen molar-refractivity contribution in [2.45, 2.75) is 92.4 Å². The van der Waals surface area contributed by atoms with Gasteiger partial charge in [-0.25, -0.2) is 0 Å². The van der Waals surface area contributed by atoms with Crippen molar-refractivity contribution in [2.24, 2.45) is 0 Å². The molecule has 10 aromatic rings. The van der Waals surface area contributed by atoms with E-state index < -0.39 is 0 Å². The lowest BCUT2D eigenvalue weighted by atomic mass is 9.33. The molecule has 0 saturated heterocycles. The van der Waals surface area contributed by atoms with E-state index in [9.17, 15) is 0 Å². The number of para-hydroxylation sites is 2. The zero-order valence-electron chi connectivity index (χ0n) is 44.4. The fourth-order valence-electron chi connectivity index (χ4n) is 12.3. The van der Waals surface area contributed by atoms with Gasteiger partial charge in [-0.3, -0.25) is 0 Å². The largest absolute Gasteiger partial charge is 0.455 e. The molecule has 73 heavy (non-hydrogen) atoms. The molecule has 0 spiro atoms. The minimum Gasteiger partial charge on any atom is -0.455 e. The van der Waals surface area contributed by atoms with E-state index in [-0.39, 0.29) is 23.0 Å². The molecule has 3 aromatic heterocycles. The molecule has 2 aliphatic rings. The van der Waals surface area contributed by atoms with Crippen LogP contribution < -0.4 is 31.9 Å². The van der Waals surface area contributed by atoms with E-state index in [0.29, 0.717) is 0 Å². The maximum absolute atomic E-state index is 6.51. The van der Waals surface area contributed by atoms with Gasteiger partial charge < -0.3 is 18.5 Å². The van der Waals surface area contributed by atoms with Crippen LogP contribution in [0.2, 0.25) is 0 Å². The summed E-state index contributed by atoms with van der Waals surface area (Å²) in [5.41, 5.74) is 24.1. The second-order valence-corrected chi connectivity index (χ2v) is 23.6. The highest BCUT2D eigenvalue weighted by Crippen LogP contribution is 2.49. The summed E-state index contributed by atoms with van der Waals surface area (Å²) in [6.07, 6.45) is 8.35. The van der Waals surface area contributed by atoms with Crippen LogP contribution in [0, 0.1) is 6.92 Å². The highest BCUT2D eigenvalue weighted by atomic mass is 16.3. The molecule has 7 aromatic carbocycles. The molecular formula is C68H64BN3O. The van der Waals surface area contributed by atoms with Crippen LogP contribution in [0.1, 0.15) is 108 Å². The van der Waals surface area contributed by atoms with E-state index in [1.54, 1.807) is 0 Å². The summed E-state index contributed by atoms with van der Waals surface area (Å²) in [4.78, 5) is 2.57. The van der Waals surface area contributed by atoms with Gasteiger partial charge in [-0.1, -0.05) is 173 Å². The third-order valence-corrected chi connectivity index (χ3v) is 15.9. The zero-order chi connectivity index (χ0) is 51.2. The Morgan fingerprint density at radius 3 is 1.97 bits per heavy atom. The Morgan fingerprint density at radius 1 is 0.616 bits per heavy atom. The number of aryl methyl sites for hydroxylation is 1. The minimum absolute atomic E-state index is 0.0351. The van der Waals surface area contributed by atoms with Crippen LogP contribution in [0.15, 0.2) is 157 Å². The quantitative estimate of drug-likeness (QED) is 0.155. The molecule has 0 fully saturated rings. The van der Waals surface area contributed by atoms with Gasteiger partial charge in [0.2, 0.25) is 0 Å². The lowest BCUT2D eigenvalue weighted by molar-refractivity contribution is 0.573. The number of benzene rings is 7. The topological polar surface area (TPSA) is 26.2 Å². The molecule has 0 N–H and O–H groups in total. The van der Waals surface area contributed by atoms with Crippen molar-refractivity contribution in [3.63, 3.8) is 0 Å². The van der Waals surface area contributed by atoms with Crippen molar-refractivity contribution in [3.8, 4) is 11.4 Å². The zero-order valence-corrected chi connectivity index (χ0v) is 44.4. The van der Waals surface area contributed by atoms with Gasteiger partial charge in [0, 0.05) is 66.3 Å². The molecule has 0 aliphatic carbocycles. The summed E-state index contributed by atoms with van der Waals surface area (Å²) < 4.78 is 11.6. The summed E-state index contributed by atoms with van der Waals surface area (Å²) >= 11 is 0. The van der Waals surface area contributed by atoms with Crippen LogP contribution in [-0.4, -0.2) is 15.8 Å². The van der Waals surface area contributed by atoms with Gasteiger partial charge in [-0.2, -0.15) is 0 Å². The average molecular weight is 950 g/mol. The smallest absolute Gasteiger partial charge is 0.252 e. The number of anilines is 3. The predicted molar refractivity (Wildman–Crippen MR) is 316 cm³/mol. The number of nitrogens with zero attached hydrogens (tertiary/aromatic N) is 3. The van der Waals surface area contributed by atoms with E-state index in [1.165, 1.54) is 77.2 Å². The Balaban J connectivity index is 1.26. The maximum Gasteiger partial charge on any atom is 0.252 e. The van der Waals surface area contributed by atoms with E-state index in [1.807, 2.05) is 30.4 Å². The van der Waals surface area contributed by atoms with Gasteiger partial charge in [0.1, 0.15) is 11.0 Å². The van der Waals surface area contributed by atoms with Crippen molar-refractivity contribution >= 4 is 108 Å². The Kier molecular flexibility index (Phi) is 10.2. The molecule has 0 bridgehead atoms. The molecule has 0 radical (unpaired) electrons. The predicted octanol–water partition coefficient (Wildman–Crippen LogP) is 14.8. The highest BCUT2D eigenvalue weighted by molar-refractivity contribution is 7.00. The van der Waals surface area contributed by atoms with Crippen LogP contribution in [0.4, 0.5) is 17.1 Å². The molecule has 360 valence electrons. The Hall–Kier alpha value is -7.76. The first-order valence-electron chi connectivity index (χ1n) is 25.9. The van der Waals surface area contributed by atoms with Gasteiger partial charge in [0.15, 0.2) is 0 Å². The fourth-order valence-corrected chi connectivity index (χ4v) is 12.3. The molecule has 0 amide bonds. The van der Waals surface area contributed by atoms with Crippen molar-refractivity contribution in [3.05, 3.63) is 202 Å². The van der Waals surface area contributed by atoms with E-state index in [4.69, 9.17) is 4.42 Å². The minimum atomic E-state index is -0.208. The van der Waals surface area contributed by atoms with Crippen LogP contribution in [-0.2, 0) is 16.2 Å². The Labute approximate surface area is 430 Å².